The van der Waals surface area contributed by atoms with Crippen LogP contribution in [0.25, 0.3) is 5.57 Å². The predicted octanol–water partition coefficient (Wildman–Crippen LogP) is 6.45. The zero-order chi connectivity index (χ0) is 16.3. The largest absolute Gasteiger partial charge is 0.544 e. The molecule has 0 N–H and O–H groups in total. The SMILES string of the molecule is CC(C)=C(O[Si](C)(C)C)C(=C1CCCCC1)c1ccc(C)o1. The van der Waals surface area contributed by atoms with E-state index in [4.69, 9.17) is 8.84 Å². The lowest BCUT2D eigenvalue weighted by Crippen LogP contribution is -2.26. The summed E-state index contributed by atoms with van der Waals surface area (Å²) >= 11 is 0. The molecule has 1 aliphatic carbocycles. The lowest BCUT2D eigenvalue weighted by molar-refractivity contribution is 0.430. The minimum atomic E-state index is -1.67. The Morgan fingerprint density at radius 1 is 1.05 bits per heavy atom. The second-order valence-electron chi connectivity index (χ2n) is 7.49. The lowest BCUT2D eigenvalue weighted by atomic mass is 9.88. The molecule has 0 atom stereocenters. The molecule has 0 radical (unpaired) electrons. The van der Waals surface area contributed by atoms with Crippen molar-refractivity contribution >= 4 is 13.9 Å². The van der Waals surface area contributed by atoms with Crippen LogP contribution in [0.1, 0.15) is 57.5 Å². The highest BCUT2D eigenvalue weighted by Crippen LogP contribution is 2.38. The first kappa shape index (κ1) is 17.1. The lowest BCUT2D eigenvalue weighted by Gasteiger charge is -2.27. The zero-order valence-electron chi connectivity index (χ0n) is 15.0. The summed E-state index contributed by atoms with van der Waals surface area (Å²) in [6, 6.07) is 4.15. The van der Waals surface area contributed by atoms with Crippen molar-refractivity contribution in [2.24, 2.45) is 0 Å². The molecule has 0 unspecified atom stereocenters. The summed E-state index contributed by atoms with van der Waals surface area (Å²) < 4.78 is 12.5. The van der Waals surface area contributed by atoms with Gasteiger partial charge in [-0.25, -0.2) is 0 Å². The molecule has 1 aliphatic rings. The number of allylic oxidation sites excluding steroid dienone is 3. The van der Waals surface area contributed by atoms with Crippen LogP contribution in [0.5, 0.6) is 0 Å². The van der Waals surface area contributed by atoms with Crippen molar-refractivity contribution in [3.05, 3.63) is 40.6 Å². The van der Waals surface area contributed by atoms with Gasteiger partial charge in [0.05, 0.1) is 5.57 Å². The van der Waals surface area contributed by atoms with E-state index < -0.39 is 8.32 Å². The molecule has 0 bridgehead atoms. The van der Waals surface area contributed by atoms with Crippen LogP contribution in [0.4, 0.5) is 0 Å². The van der Waals surface area contributed by atoms with Gasteiger partial charge in [0.15, 0.2) is 0 Å². The Bertz CT molecular complexity index is 573. The third-order valence-corrected chi connectivity index (χ3v) is 4.70. The average Bonchev–Trinajstić information content (AvgIpc) is 2.84. The molecule has 0 amide bonds. The molecular formula is C19H30O2Si. The second kappa shape index (κ2) is 6.91. The van der Waals surface area contributed by atoms with Crippen molar-refractivity contribution in [2.75, 3.05) is 0 Å². The van der Waals surface area contributed by atoms with Crippen molar-refractivity contribution in [1.82, 2.24) is 0 Å². The summed E-state index contributed by atoms with van der Waals surface area (Å²) in [5.41, 5.74) is 3.98. The van der Waals surface area contributed by atoms with Gasteiger partial charge < -0.3 is 8.84 Å². The quantitative estimate of drug-likeness (QED) is 0.470. The number of hydrogen-bond donors (Lipinski definition) is 0. The summed E-state index contributed by atoms with van der Waals surface area (Å²) in [5, 5.41) is 0. The molecule has 1 saturated carbocycles. The van der Waals surface area contributed by atoms with Crippen LogP contribution in [0.2, 0.25) is 19.6 Å². The Labute approximate surface area is 136 Å². The van der Waals surface area contributed by atoms with Crippen LogP contribution in [0, 0.1) is 6.92 Å². The molecule has 3 heteroatoms. The van der Waals surface area contributed by atoms with E-state index in [1.807, 2.05) is 6.92 Å². The van der Waals surface area contributed by atoms with Gasteiger partial charge in [-0.05, 0) is 83.8 Å². The summed E-state index contributed by atoms with van der Waals surface area (Å²) in [5.74, 6) is 3.00. The Hall–Kier alpha value is -1.22. The van der Waals surface area contributed by atoms with Gasteiger partial charge in [-0.3, -0.25) is 0 Å². The highest BCUT2D eigenvalue weighted by atomic mass is 28.4. The highest BCUT2D eigenvalue weighted by Gasteiger charge is 2.26. The molecule has 0 aliphatic heterocycles. The molecule has 0 saturated heterocycles. The highest BCUT2D eigenvalue weighted by molar-refractivity contribution is 6.70. The van der Waals surface area contributed by atoms with Crippen LogP contribution in [0.3, 0.4) is 0 Å². The molecule has 22 heavy (non-hydrogen) atoms. The van der Waals surface area contributed by atoms with Gasteiger partial charge >= 0.3 is 0 Å². The zero-order valence-corrected chi connectivity index (χ0v) is 16.0. The maximum Gasteiger partial charge on any atom is 0.242 e. The Balaban J connectivity index is 2.54. The second-order valence-corrected chi connectivity index (χ2v) is 11.9. The van der Waals surface area contributed by atoms with Gasteiger partial charge in [0.25, 0.3) is 0 Å². The van der Waals surface area contributed by atoms with E-state index in [1.54, 1.807) is 0 Å². The Morgan fingerprint density at radius 2 is 1.68 bits per heavy atom. The molecule has 2 rings (SSSR count). The van der Waals surface area contributed by atoms with E-state index in [2.05, 4.69) is 45.6 Å². The molecule has 0 spiro atoms. The van der Waals surface area contributed by atoms with Crippen LogP contribution in [0.15, 0.2) is 33.5 Å². The normalized spacial score (nSPS) is 15.6. The maximum atomic E-state index is 6.48. The number of hydrogen-bond acceptors (Lipinski definition) is 2. The first-order chi connectivity index (χ1) is 10.3. The third-order valence-electron chi connectivity index (χ3n) is 3.89. The molecule has 1 aromatic heterocycles. The minimum Gasteiger partial charge on any atom is -0.544 e. The first-order valence-electron chi connectivity index (χ1n) is 8.43. The molecule has 0 aromatic carbocycles. The molecule has 1 heterocycles. The van der Waals surface area contributed by atoms with Crippen LogP contribution in [-0.4, -0.2) is 8.32 Å². The van der Waals surface area contributed by atoms with Gasteiger partial charge in [0, 0.05) is 0 Å². The summed E-state index contributed by atoms with van der Waals surface area (Å²) in [6.07, 6.45) is 6.23. The molecule has 122 valence electrons. The van der Waals surface area contributed by atoms with Gasteiger partial charge in [0.1, 0.15) is 17.3 Å². The molecule has 1 fully saturated rings. The Kier molecular flexibility index (Phi) is 5.38. The first-order valence-corrected chi connectivity index (χ1v) is 11.8. The van der Waals surface area contributed by atoms with Crippen molar-refractivity contribution in [3.8, 4) is 0 Å². The van der Waals surface area contributed by atoms with E-state index in [1.165, 1.54) is 48.8 Å². The van der Waals surface area contributed by atoms with Crippen molar-refractivity contribution < 1.29 is 8.84 Å². The van der Waals surface area contributed by atoms with Crippen LogP contribution in [-0.2, 0) is 4.43 Å². The standard InChI is InChI=1S/C19H30O2Si/c1-14(2)19(21-22(4,5)6)18(16-10-8-7-9-11-16)17-13-12-15(3)20-17/h12-13H,7-11H2,1-6H3. The van der Waals surface area contributed by atoms with Gasteiger partial charge in [-0.2, -0.15) is 0 Å². The summed E-state index contributed by atoms with van der Waals surface area (Å²) in [7, 11) is -1.67. The monoisotopic (exact) mass is 318 g/mol. The number of furan rings is 1. The number of rotatable bonds is 4. The smallest absolute Gasteiger partial charge is 0.242 e. The third kappa shape index (κ3) is 4.39. The van der Waals surface area contributed by atoms with Crippen molar-refractivity contribution in [2.45, 2.75) is 72.5 Å². The van der Waals surface area contributed by atoms with Gasteiger partial charge in [-0.1, -0.05) is 12.0 Å². The van der Waals surface area contributed by atoms with Crippen molar-refractivity contribution in [3.63, 3.8) is 0 Å². The Morgan fingerprint density at radius 3 is 2.14 bits per heavy atom. The fourth-order valence-electron chi connectivity index (χ4n) is 2.95. The molecular weight excluding hydrogens is 288 g/mol. The van der Waals surface area contributed by atoms with E-state index in [0.717, 1.165) is 17.3 Å². The van der Waals surface area contributed by atoms with E-state index in [-0.39, 0.29) is 0 Å². The summed E-state index contributed by atoms with van der Waals surface area (Å²) in [4.78, 5) is 0. The molecule has 2 nitrogen and oxygen atoms in total. The fraction of sp³-hybridized carbons (Fsp3) is 0.579. The minimum absolute atomic E-state index is 0.963. The number of aryl methyl sites for hydroxylation is 1. The topological polar surface area (TPSA) is 22.4 Å². The van der Waals surface area contributed by atoms with E-state index in [9.17, 15) is 0 Å². The average molecular weight is 319 g/mol. The fourth-order valence-corrected chi connectivity index (χ4v) is 3.87. The maximum absolute atomic E-state index is 6.48. The van der Waals surface area contributed by atoms with Gasteiger partial charge in [-0.15, -0.1) is 0 Å². The van der Waals surface area contributed by atoms with Gasteiger partial charge in [0.2, 0.25) is 8.32 Å². The van der Waals surface area contributed by atoms with Crippen LogP contribution < -0.4 is 0 Å². The van der Waals surface area contributed by atoms with Crippen LogP contribution >= 0.6 is 0 Å². The predicted molar refractivity (Wildman–Crippen MR) is 96.3 cm³/mol. The summed E-state index contributed by atoms with van der Waals surface area (Å²) in [6.45, 7) is 13.0. The van der Waals surface area contributed by atoms with E-state index in [0.29, 0.717) is 0 Å². The molecule has 1 aromatic rings. The van der Waals surface area contributed by atoms with E-state index >= 15 is 0 Å². The van der Waals surface area contributed by atoms with Crippen molar-refractivity contribution in [1.29, 1.82) is 0 Å².